The number of aromatic nitrogens is 1. The van der Waals surface area contributed by atoms with Crippen LogP contribution in [0.2, 0.25) is 0 Å². The minimum atomic E-state index is -2.67. The Morgan fingerprint density at radius 1 is 1.16 bits per heavy atom. The van der Waals surface area contributed by atoms with E-state index in [1.807, 2.05) is 12.1 Å². The molecule has 2 aromatic rings. The lowest BCUT2D eigenvalue weighted by Crippen LogP contribution is -2.75. The summed E-state index contributed by atoms with van der Waals surface area (Å²) in [6.45, 7) is 0. The molecule has 194 valence electrons. The van der Waals surface area contributed by atoms with Crippen LogP contribution < -0.4 is 5.73 Å². The first-order valence-electron chi connectivity index (χ1n) is 11.8. The van der Waals surface area contributed by atoms with E-state index >= 15 is 0 Å². The molecular formula is C26H26IN3O7. The molecular weight excluding hydrogens is 593 g/mol. The Labute approximate surface area is 226 Å². The summed E-state index contributed by atoms with van der Waals surface area (Å²) in [6.07, 6.45) is 0.426. The van der Waals surface area contributed by atoms with Crippen molar-refractivity contribution in [2.45, 2.75) is 30.6 Å². The van der Waals surface area contributed by atoms with Crippen molar-refractivity contribution in [3.63, 3.8) is 0 Å². The molecule has 37 heavy (non-hydrogen) atoms. The third kappa shape index (κ3) is 3.66. The Kier molecular flexibility index (Phi) is 6.25. The van der Waals surface area contributed by atoms with Crippen LogP contribution in [0.4, 0.5) is 0 Å². The molecule has 1 amide bonds. The molecule has 11 heteroatoms. The second-order valence-electron chi connectivity index (χ2n) is 10.3. The average molecular weight is 619 g/mol. The summed E-state index contributed by atoms with van der Waals surface area (Å²) in [5.74, 6) is -9.17. The number of benzene rings is 1. The summed E-state index contributed by atoms with van der Waals surface area (Å²) in [5.41, 5.74) is 4.69. The average Bonchev–Trinajstić information content (AvgIpc) is 2.82. The van der Waals surface area contributed by atoms with E-state index < -0.39 is 64.7 Å². The zero-order chi connectivity index (χ0) is 27.0. The van der Waals surface area contributed by atoms with Crippen molar-refractivity contribution >= 4 is 45.8 Å². The zero-order valence-corrected chi connectivity index (χ0v) is 22.2. The molecule has 5 N–H and O–H groups in total. The smallest absolute Gasteiger partial charge is 0.230 e. The predicted octanol–water partition coefficient (Wildman–Crippen LogP) is 0.325. The van der Waals surface area contributed by atoms with Crippen molar-refractivity contribution in [3.8, 4) is 16.9 Å². The highest BCUT2D eigenvalue weighted by Crippen LogP contribution is 2.52. The third-order valence-electron chi connectivity index (χ3n) is 8.21. The van der Waals surface area contributed by atoms with Crippen molar-refractivity contribution in [3.05, 3.63) is 45.3 Å². The van der Waals surface area contributed by atoms with Gasteiger partial charge in [0.2, 0.25) is 5.91 Å². The van der Waals surface area contributed by atoms with Gasteiger partial charge in [-0.3, -0.25) is 19.2 Å². The molecule has 10 nitrogen and oxygen atoms in total. The number of rotatable bonds is 3. The molecule has 2 fully saturated rings. The first-order chi connectivity index (χ1) is 17.4. The van der Waals surface area contributed by atoms with Crippen LogP contribution in [0.15, 0.2) is 30.5 Å². The molecule has 1 aromatic carbocycles. The van der Waals surface area contributed by atoms with Crippen molar-refractivity contribution < 1.29 is 34.5 Å². The number of pyridine rings is 1. The van der Waals surface area contributed by atoms with Gasteiger partial charge in [0.25, 0.3) is 0 Å². The molecule has 0 bridgehead atoms. The number of fused-ring (bicyclic) bond motifs is 3. The number of phenolic OH excluding ortho intramolecular Hbond substituents is 1. The number of aromatic hydroxyl groups is 1. The van der Waals surface area contributed by atoms with Crippen molar-refractivity contribution in [1.82, 2.24) is 9.88 Å². The molecule has 5 rings (SSSR count). The maximum atomic E-state index is 13.9. The number of aliphatic hydroxyl groups excluding tert-OH is 1. The van der Waals surface area contributed by atoms with Crippen LogP contribution in [0.5, 0.6) is 5.75 Å². The van der Waals surface area contributed by atoms with Crippen LogP contribution in [0, 0.1) is 27.4 Å². The van der Waals surface area contributed by atoms with E-state index in [4.69, 9.17) is 5.73 Å². The molecule has 0 aliphatic heterocycles. The maximum absolute atomic E-state index is 13.9. The van der Waals surface area contributed by atoms with Gasteiger partial charge in [0.05, 0.1) is 17.6 Å². The second kappa shape index (κ2) is 8.93. The fourth-order valence-corrected chi connectivity index (χ4v) is 6.95. The van der Waals surface area contributed by atoms with E-state index in [1.54, 1.807) is 31.3 Å². The fraction of sp³-hybridized carbons (Fsp3) is 0.423. The van der Waals surface area contributed by atoms with Gasteiger partial charge in [0.1, 0.15) is 15.4 Å². The van der Waals surface area contributed by atoms with Gasteiger partial charge in [-0.2, -0.15) is 0 Å². The van der Waals surface area contributed by atoms with Crippen LogP contribution in [0.25, 0.3) is 11.1 Å². The van der Waals surface area contributed by atoms with Gasteiger partial charge in [0, 0.05) is 23.7 Å². The molecule has 1 aromatic heterocycles. The van der Waals surface area contributed by atoms with Gasteiger partial charge in [-0.25, -0.2) is 4.98 Å². The number of aliphatic hydroxyl groups is 2. The highest BCUT2D eigenvalue weighted by Gasteiger charge is 2.69. The number of ketones is 3. The van der Waals surface area contributed by atoms with Gasteiger partial charge in [-0.05, 0) is 78.7 Å². The summed E-state index contributed by atoms with van der Waals surface area (Å²) >= 11 is 2.08. The van der Waals surface area contributed by atoms with Crippen LogP contribution in [0.3, 0.4) is 0 Å². The minimum Gasteiger partial charge on any atom is -0.507 e. The summed E-state index contributed by atoms with van der Waals surface area (Å²) in [6, 6.07) is 5.80. The Balaban J connectivity index is 1.65. The van der Waals surface area contributed by atoms with E-state index in [2.05, 4.69) is 27.6 Å². The van der Waals surface area contributed by atoms with Crippen LogP contribution in [-0.2, 0) is 20.8 Å². The van der Waals surface area contributed by atoms with Crippen LogP contribution in [-0.4, -0.2) is 80.3 Å². The lowest BCUT2D eigenvalue weighted by Gasteiger charge is -2.54. The van der Waals surface area contributed by atoms with Crippen molar-refractivity contribution in [2.24, 2.45) is 29.4 Å². The maximum Gasteiger partial charge on any atom is 0.230 e. The van der Waals surface area contributed by atoms with Gasteiger partial charge in [-0.15, -0.1) is 0 Å². The molecule has 7 atom stereocenters. The summed E-state index contributed by atoms with van der Waals surface area (Å²) < 4.78 is 0.784. The lowest BCUT2D eigenvalue weighted by atomic mass is 9.52. The monoisotopic (exact) mass is 619 g/mol. The number of phenols is 1. The number of carbonyl (C=O) groups is 4. The molecule has 0 saturated heterocycles. The molecule has 1 heterocycles. The first kappa shape index (κ1) is 25.9. The van der Waals surface area contributed by atoms with Crippen molar-refractivity contribution in [1.29, 1.82) is 0 Å². The van der Waals surface area contributed by atoms with E-state index in [0.717, 1.165) is 9.26 Å². The Morgan fingerprint density at radius 3 is 2.46 bits per heavy atom. The second-order valence-corrected chi connectivity index (χ2v) is 11.4. The van der Waals surface area contributed by atoms with E-state index in [1.165, 1.54) is 6.07 Å². The predicted molar refractivity (Wildman–Crippen MR) is 138 cm³/mol. The van der Waals surface area contributed by atoms with Gasteiger partial charge in [0.15, 0.2) is 23.0 Å². The SMILES string of the molecule is CN(C)[C@H]1C(O)C(C(N)=O)C(=O)[C@]2(O)C(=O)C3C(=O)c4c(O)ccc(-c5ccc(I)nc5)c4C[C@@H]3C[C@H]12. The summed E-state index contributed by atoms with van der Waals surface area (Å²) in [4.78, 5) is 59.0. The lowest BCUT2D eigenvalue weighted by molar-refractivity contribution is -0.190. The first-order valence-corrected chi connectivity index (χ1v) is 12.9. The molecule has 3 aliphatic rings. The Morgan fingerprint density at radius 2 is 1.86 bits per heavy atom. The standard InChI is InChI=1S/C26H26IN3O7/c1-30(2)20-14-8-11-7-13-12(10-3-6-16(27)29-9-10)4-5-15(31)18(13)21(32)17(11)23(34)26(14,37)24(35)19(22(20)33)25(28)36/h3-6,9,11,14,17,19-20,22,31,33,37H,7-8H2,1-2H3,(H2,28,36)/t11-,14-,17?,19?,20-,22?,26-/m1/s1. The Hall–Kier alpha value is -2.74. The largest absolute Gasteiger partial charge is 0.507 e. The van der Waals surface area contributed by atoms with Gasteiger partial charge < -0.3 is 26.0 Å². The molecule has 3 aliphatic carbocycles. The summed E-state index contributed by atoms with van der Waals surface area (Å²) in [7, 11) is 3.22. The highest BCUT2D eigenvalue weighted by atomic mass is 127. The molecule has 3 unspecified atom stereocenters. The number of amides is 1. The van der Waals surface area contributed by atoms with Crippen LogP contribution in [0.1, 0.15) is 22.3 Å². The van der Waals surface area contributed by atoms with E-state index in [0.29, 0.717) is 11.1 Å². The highest BCUT2D eigenvalue weighted by molar-refractivity contribution is 14.1. The number of halogens is 1. The topological polar surface area (TPSA) is 171 Å². The van der Waals surface area contributed by atoms with E-state index in [-0.39, 0.29) is 24.2 Å². The number of likely N-dealkylation sites (N-methyl/N-ethyl adjacent to an activating group) is 1. The number of hydrogen-bond acceptors (Lipinski definition) is 9. The molecule has 0 spiro atoms. The van der Waals surface area contributed by atoms with Gasteiger partial charge >= 0.3 is 0 Å². The fourth-order valence-electron chi connectivity index (χ4n) is 6.63. The number of hydrogen-bond donors (Lipinski definition) is 4. The number of primary amides is 1. The third-order valence-corrected chi connectivity index (χ3v) is 8.85. The number of carbonyl (C=O) groups excluding carboxylic acids is 4. The zero-order valence-electron chi connectivity index (χ0n) is 20.1. The van der Waals surface area contributed by atoms with Gasteiger partial charge in [-0.1, -0.05) is 12.1 Å². The van der Waals surface area contributed by atoms with E-state index in [9.17, 15) is 34.5 Å². The molecule has 2 saturated carbocycles. The summed E-state index contributed by atoms with van der Waals surface area (Å²) in [5, 5.41) is 33.2. The quantitative estimate of drug-likeness (QED) is 0.215. The van der Waals surface area contributed by atoms with Crippen molar-refractivity contribution in [2.75, 3.05) is 14.1 Å². The number of nitrogens with two attached hydrogens (primary N) is 1. The number of nitrogens with zero attached hydrogens (tertiary/aromatic N) is 2. The van der Waals surface area contributed by atoms with Crippen LogP contribution >= 0.6 is 22.6 Å². The molecule has 0 radical (unpaired) electrons. The number of Topliss-reactive ketones (excluding diaryl/α,β-unsaturated/α-hetero) is 3. The Bertz CT molecular complexity index is 1340. The minimum absolute atomic E-state index is 0.0217. The normalized spacial score (nSPS) is 33.1.